The van der Waals surface area contributed by atoms with Crippen molar-refractivity contribution in [2.24, 2.45) is 0 Å². The highest BCUT2D eigenvalue weighted by molar-refractivity contribution is 5.77. The quantitative estimate of drug-likeness (QED) is 0.211. The van der Waals surface area contributed by atoms with Crippen LogP contribution in [0.1, 0.15) is 104 Å². The summed E-state index contributed by atoms with van der Waals surface area (Å²) < 4.78 is 10.1. The average molecular weight is 386 g/mol. The van der Waals surface area contributed by atoms with Crippen LogP contribution in [0.2, 0.25) is 0 Å². The molecule has 0 aromatic heterocycles. The van der Waals surface area contributed by atoms with Crippen LogP contribution in [-0.2, 0) is 14.3 Å². The number of likely N-dealkylation sites (N-methyl/N-ethyl adjacent to an activating group) is 1. The molecule has 0 N–H and O–H groups in total. The maximum absolute atomic E-state index is 11.7. The smallest absolute Gasteiger partial charge is 0.410 e. The molecule has 0 aliphatic rings. The number of rotatable bonds is 18. The van der Waals surface area contributed by atoms with Gasteiger partial charge in [-0.1, -0.05) is 90.9 Å². The molecule has 160 valence electrons. The molecule has 0 aromatic rings. The summed E-state index contributed by atoms with van der Waals surface area (Å²) in [7, 11) is 1.55. The number of esters is 1. The largest absolute Gasteiger partial charge is 0.464 e. The van der Waals surface area contributed by atoms with Gasteiger partial charge in [0.2, 0.25) is 0 Å². The lowest BCUT2D eigenvalue weighted by molar-refractivity contribution is -0.144. The Morgan fingerprint density at radius 1 is 0.630 bits per heavy atom. The van der Waals surface area contributed by atoms with Crippen LogP contribution in [0, 0.1) is 0 Å². The van der Waals surface area contributed by atoms with E-state index in [2.05, 4.69) is 6.92 Å². The van der Waals surface area contributed by atoms with Gasteiger partial charge in [-0.25, -0.2) is 4.79 Å². The molecule has 0 saturated heterocycles. The molecule has 0 atom stereocenters. The molecule has 0 heterocycles. The SMILES string of the molecule is CCCCCCCCCCCCCCCOC(=O)CN(C)C(=O)OCCC. The first-order chi connectivity index (χ1) is 13.1. The number of carbonyl (C=O) groups excluding carboxylic acids is 2. The third-order valence-corrected chi connectivity index (χ3v) is 4.62. The van der Waals surface area contributed by atoms with Crippen LogP contribution in [0.5, 0.6) is 0 Å². The Balaban J connectivity index is 3.34. The van der Waals surface area contributed by atoms with Crippen molar-refractivity contribution in [1.29, 1.82) is 0 Å². The fraction of sp³-hybridized carbons (Fsp3) is 0.909. The maximum atomic E-state index is 11.7. The molecule has 0 radical (unpaired) electrons. The van der Waals surface area contributed by atoms with Crippen LogP contribution in [0.3, 0.4) is 0 Å². The van der Waals surface area contributed by atoms with E-state index in [-0.39, 0.29) is 12.5 Å². The number of unbranched alkanes of at least 4 members (excludes halogenated alkanes) is 12. The Morgan fingerprint density at radius 3 is 1.59 bits per heavy atom. The second-order valence-corrected chi connectivity index (χ2v) is 7.43. The first-order valence-corrected chi connectivity index (χ1v) is 11.1. The van der Waals surface area contributed by atoms with Gasteiger partial charge >= 0.3 is 12.1 Å². The Labute approximate surface area is 167 Å². The van der Waals surface area contributed by atoms with E-state index >= 15 is 0 Å². The molecule has 0 aromatic carbocycles. The zero-order valence-electron chi connectivity index (χ0n) is 18.1. The monoisotopic (exact) mass is 385 g/mol. The summed E-state index contributed by atoms with van der Waals surface area (Å²) >= 11 is 0. The van der Waals surface area contributed by atoms with Crippen molar-refractivity contribution in [1.82, 2.24) is 4.90 Å². The number of hydrogen-bond donors (Lipinski definition) is 0. The zero-order chi connectivity index (χ0) is 20.2. The van der Waals surface area contributed by atoms with E-state index in [9.17, 15) is 9.59 Å². The summed E-state index contributed by atoms with van der Waals surface area (Å²) in [4.78, 5) is 24.5. The van der Waals surface area contributed by atoms with Gasteiger partial charge in [-0.3, -0.25) is 4.79 Å². The average Bonchev–Trinajstić information content (AvgIpc) is 2.66. The summed E-state index contributed by atoms with van der Waals surface area (Å²) in [5.74, 6) is -0.370. The van der Waals surface area contributed by atoms with Gasteiger partial charge in [0.05, 0.1) is 13.2 Å². The van der Waals surface area contributed by atoms with Gasteiger partial charge in [0.25, 0.3) is 0 Å². The molecule has 27 heavy (non-hydrogen) atoms. The van der Waals surface area contributed by atoms with Gasteiger partial charge in [-0.15, -0.1) is 0 Å². The molecule has 0 aliphatic carbocycles. The molecule has 0 unspecified atom stereocenters. The molecule has 5 heteroatoms. The fourth-order valence-electron chi connectivity index (χ4n) is 2.91. The number of ether oxygens (including phenoxy) is 2. The predicted molar refractivity (Wildman–Crippen MR) is 111 cm³/mol. The van der Waals surface area contributed by atoms with Gasteiger partial charge in [0.15, 0.2) is 0 Å². The maximum Gasteiger partial charge on any atom is 0.410 e. The third kappa shape index (κ3) is 17.9. The molecular formula is C22H43NO4. The molecule has 1 amide bonds. The number of hydrogen-bond acceptors (Lipinski definition) is 4. The van der Waals surface area contributed by atoms with Crippen molar-refractivity contribution in [3.8, 4) is 0 Å². The number of carbonyl (C=O) groups is 2. The van der Waals surface area contributed by atoms with Gasteiger partial charge < -0.3 is 14.4 Å². The lowest BCUT2D eigenvalue weighted by atomic mass is 10.0. The number of amides is 1. The topological polar surface area (TPSA) is 55.8 Å². The predicted octanol–water partition coefficient (Wildman–Crippen LogP) is 6.10. The Morgan fingerprint density at radius 2 is 1.11 bits per heavy atom. The first-order valence-electron chi connectivity index (χ1n) is 11.1. The van der Waals surface area contributed by atoms with Gasteiger partial charge in [0.1, 0.15) is 6.54 Å². The summed E-state index contributed by atoms with van der Waals surface area (Å²) in [5.41, 5.74) is 0. The highest BCUT2D eigenvalue weighted by atomic mass is 16.6. The molecule has 0 aliphatic heterocycles. The van der Waals surface area contributed by atoms with Crippen LogP contribution in [-0.4, -0.2) is 43.8 Å². The number of nitrogens with zero attached hydrogens (tertiary/aromatic N) is 1. The van der Waals surface area contributed by atoms with E-state index in [1.807, 2.05) is 6.92 Å². The van der Waals surface area contributed by atoms with E-state index in [1.165, 1.54) is 75.5 Å². The molecule has 0 fully saturated rings. The molecule has 0 bridgehead atoms. The molecular weight excluding hydrogens is 342 g/mol. The van der Waals surface area contributed by atoms with E-state index < -0.39 is 6.09 Å². The Bertz CT molecular complexity index is 360. The van der Waals surface area contributed by atoms with Gasteiger partial charge in [-0.2, -0.15) is 0 Å². The highest BCUT2D eigenvalue weighted by Crippen LogP contribution is 2.12. The minimum absolute atomic E-state index is 0.0546. The van der Waals surface area contributed by atoms with Gasteiger partial charge in [0, 0.05) is 7.05 Å². The summed E-state index contributed by atoms with van der Waals surface area (Å²) in [6.07, 6.45) is 17.1. The minimum Gasteiger partial charge on any atom is -0.464 e. The second-order valence-electron chi connectivity index (χ2n) is 7.43. The van der Waals surface area contributed by atoms with Crippen LogP contribution in [0.4, 0.5) is 4.79 Å². The Hall–Kier alpha value is -1.26. The van der Waals surface area contributed by atoms with Crippen LogP contribution >= 0.6 is 0 Å². The normalized spacial score (nSPS) is 10.6. The molecule has 0 saturated carbocycles. The van der Waals surface area contributed by atoms with Gasteiger partial charge in [-0.05, 0) is 12.8 Å². The minimum atomic E-state index is -0.477. The zero-order valence-corrected chi connectivity index (χ0v) is 18.1. The van der Waals surface area contributed by atoms with Crippen molar-refractivity contribution >= 4 is 12.1 Å². The van der Waals surface area contributed by atoms with Crippen molar-refractivity contribution in [2.75, 3.05) is 26.8 Å². The van der Waals surface area contributed by atoms with Crippen molar-refractivity contribution in [2.45, 2.75) is 104 Å². The van der Waals surface area contributed by atoms with E-state index in [0.717, 1.165) is 19.3 Å². The second kappa shape index (κ2) is 19.5. The third-order valence-electron chi connectivity index (χ3n) is 4.62. The van der Waals surface area contributed by atoms with Crippen molar-refractivity contribution in [3.63, 3.8) is 0 Å². The molecule has 0 spiro atoms. The summed E-state index contributed by atoms with van der Waals surface area (Å²) in [5, 5.41) is 0. The summed E-state index contributed by atoms with van der Waals surface area (Å²) in [6, 6.07) is 0. The van der Waals surface area contributed by atoms with Crippen molar-refractivity contribution < 1.29 is 19.1 Å². The lowest BCUT2D eigenvalue weighted by Crippen LogP contribution is -2.33. The molecule has 5 nitrogen and oxygen atoms in total. The Kier molecular flexibility index (Phi) is 18.6. The first kappa shape index (κ1) is 25.7. The van der Waals surface area contributed by atoms with Crippen molar-refractivity contribution in [3.05, 3.63) is 0 Å². The van der Waals surface area contributed by atoms with Crippen LogP contribution in [0.15, 0.2) is 0 Å². The van der Waals surface area contributed by atoms with E-state index in [1.54, 1.807) is 7.05 Å². The summed E-state index contributed by atoms with van der Waals surface area (Å²) in [6.45, 7) is 4.94. The lowest BCUT2D eigenvalue weighted by Gasteiger charge is -2.15. The molecule has 0 rings (SSSR count). The highest BCUT2D eigenvalue weighted by Gasteiger charge is 2.14. The van der Waals surface area contributed by atoms with Crippen LogP contribution < -0.4 is 0 Å². The standard InChI is InChI=1S/C22H43NO4/c1-4-6-7-8-9-10-11-12-13-14-15-16-17-19-26-21(24)20-23(3)22(25)27-18-5-2/h4-20H2,1-3H3. The fourth-order valence-corrected chi connectivity index (χ4v) is 2.91. The van der Waals surface area contributed by atoms with E-state index in [0.29, 0.717) is 13.2 Å². The van der Waals surface area contributed by atoms with Crippen LogP contribution in [0.25, 0.3) is 0 Å². The van der Waals surface area contributed by atoms with E-state index in [4.69, 9.17) is 9.47 Å².